The Hall–Kier alpha value is -1.67. The highest BCUT2D eigenvalue weighted by Crippen LogP contribution is 2.13. The summed E-state index contributed by atoms with van der Waals surface area (Å²) in [7, 11) is 3.91. The minimum atomic E-state index is -0.0346. The van der Waals surface area contributed by atoms with Crippen molar-refractivity contribution in [3.63, 3.8) is 0 Å². The SMILES string of the molecule is CC(C)Oc1nc(NN)nc(OCCN(C)C)n1. The van der Waals surface area contributed by atoms with Crippen LogP contribution in [0.5, 0.6) is 12.0 Å². The maximum absolute atomic E-state index is 5.40. The van der Waals surface area contributed by atoms with Crippen molar-refractivity contribution in [2.45, 2.75) is 20.0 Å². The third-order valence-corrected chi connectivity index (χ3v) is 1.83. The standard InChI is InChI=1S/C10H20N6O2/c1-7(2)18-10-13-8(15-11)12-9(14-10)17-6-5-16(3)4/h7H,5-6,11H2,1-4H3,(H,12,13,14,15). The molecule has 3 N–H and O–H groups in total. The number of likely N-dealkylation sites (N-methyl/N-ethyl adjacent to an activating group) is 1. The van der Waals surface area contributed by atoms with Crippen molar-refractivity contribution in [2.75, 3.05) is 32.7 Å². The fraction of sp³-hybridized carbons (Fsp3) is 0.700. The quantitative estimate of drug-likeness (QED) is 0.515. The van der Waals surface area contributed by atoms with Gasteiger partial charge in [-0.1, -0.05) is 0 Å². The van der Waals surface area contributed by atoms with E-state index in [0.717, 1.165) is 6.54 Å². The van der Waals surface area contributed by atoms with Gasteiger partial charge < -0.3 is 14.4 Å². The highest BCUT2D eigenvalue weighted by atomic mass is 16.5. The summed E-state index contributed by atoms with van der Waals surface area (Å²) in [4.78, 5) is 14.0. The van der Waals surface area contributed by atoms with Gasteiger partial charge in [0.15, 0.2) is 0 Å². The van der Waals surface area contributed by atoms with Gasteiger partial charge in [-0.15, -0.1) is 4.98 Å². The first kappa shape index (κ1) is 14.4. The zero-order valence-electron chi connectivity index (χ0n) is 11.2. The lowest BCUT2D eigenvalue weighted by atomic mass is 10.5. The molecule has 8 heteroatoms. The summed E-state index contributed by atoms with van der Waals surface area (Å²) >= 11 is 0. The molecule has 0 fully saturated rings. The van der Waals surface area contributed by atoms with Gasteiger partial charge >= 0.3 is 12.0 Å². The molecule has 0 amide bonds. The molecule has 0 aliphatic heterocycles. The lowest BCUT2D eigenvalue weighted by molar-refractivity contribution is 0.208. The first-order chi connectivity index (χ1) is 8.51. The molecule has 1 aromatic heterocycles. The molecular formula is C10H20N6O2. The number of aromatic nitrogens is 3. The van der Waals surface area contributed by atoms with E-state index in [-0.39, 0.29) is 24.1 Å². The fourth-order valence-corrected chi connectivity index (χ4v) is 1.05. The van der Waals surface area contributed by atoms with Crippen molar-refractivity contribution in [1.82, 2.24) is 19.9 Å². The highest BCUT2D eigenvalue weighted by molar-refractivity contribution is 5.25. The predicted molar refractivity (Wildman–Crippen MR) is 67.5 cm³/mol. The number of hydrogen-bond donors (Lipinski definition) is 2. The molecule has 0 aliphatic rings. The average Bonchev–Trinajstić information content (AvgIpc) is 2.27. The number of nitrogens with two attached hydrogens (primary N) is 1. The number of rotatable bonds is 7. The molecule has 0 aliphatic carbocycles. The van der Waals surface area contributed by atoms with Gasteiger partial charge in [0.2, 0.25) is 5.95 Å². The Kier molecular flexibility index (Phi) is 5.53. The molecule has 18 heavy (non-hydrogen) atoms. The van der Waals surface area contributed by atoms with E-state index in [0.29, 0.717) is 6.61 Å². The van der Waals surface area contributed by atoms with Crippen LogP contribution in [0.2, 0.25) is 0 Å². The molecule has 1 aromatic rings. The fourth-order valence-electron chi connectivity index (χ4n) is 1.05. The van der Waals surface area contributed by atoms with E-state index in [4.69, 9.17) is 15.3 Å². The number of nitrogen functional groups attached to an aromatic ring is 1. The lowest BCUT2D eigenvalue weighted by Crippen LogP contribution is -2.21. The number of nitrogens with one attached hydrogen (secondary N) is 1. The normalized spacial score (nSPS) is 10.8. The number of ether oxygens (including phenoxy) is 2. The smallest absolute Gasteiger partial charge is 0.324 e. The molecule has 1 rings (SSSR count). The molecule has 0 saturated carbocycles. The van der Waals surface area contributed by atoms with Crippen molar-refractivity contribution in [2.24, 2.45) is 5.84 Å². The van der Waals surface area contributed by atoms with Crippen LogP contribution in [-0.2, 0) is 0 Å². The highest BCUT2D eigenvalue weighted by Gasteiger charge is 2.09. The van der Waals surface area contributed by atoms with Gasteiger partial charge in [0.05, 0.1) is 6.10 Å². The molecule has 0 bridgehead atoms. The zero-order chi connectivity index (χ0) is 13.5. The second-order valence-electron chi connectivity index (χ2n) is 4.19. The van der Waals surface area contributed by atoms with Gasteiger partial charge in [-0.3, -0.25) is 5.43 Å². The Bertz CT molecular complexity index is 371. The topological polar surface area (TPSA) is 98.4 Å². The van der Waals surface area contributed by atoms with Crippen LogP contribution in [0.1, 0.15) is 13.8 Å². The van der Waals surface area contributed by atoms with Gasteiger partial charge in [0.1, 0.15) is 6.61 Å². The third-order valence-electron chi connectivity index (χ3n) is 1.83. The predicted octanol–water partition coefficient (Wildman–Crippen LogP) is -0.115. The monoisotopic (exact) mass is 256 g/mol. The van der Waals surface area contributed by atoms with E-state index in [9.17, 15) is 0 Å². The van der Waals surface area contributed by atoms with Gasteiger partial charge in [0.25, 0.3) is 0 Å². The van der Waals surface area contributed by atoms with Gasteiger partial charge in [-0.2, -0.15) is 9.97 Å². The molecule has 8 nitrogen and oxygen atoms in total. The summed E-state index contributed by atoms with van der Waals surface area (Å²) in [6.07, 6.45) is -0.0346. The van der Waals surface area contributed by atoms with Crippen molar-refractivity contribution in [1.29, 1.82) is 0 Å². The number of anilines is 1. The number of hydrogen-bond acceptors (Lipinski definition) is 8. The molecular weight excluding hydrogens is 236 g/mol. The van der Waals surface area contributed by atoms with Crippen molar-refractivity contribution < 1.29 is 9.47 Å². The van der Waals surface area contributed by atoms with Crippen LogP contribution in [0.4, 0.5) is 5.95 Å². The van der Waals surface area contributed by atoms with Crippen LogP contribution in [0.15, 0.2) is 0 Å². The van der Waals surface area contributed by atoms with Crippen LogP contribution < -0.4 is 20.7 Å². The molecule has 102 valence electrons. The third kappa shape index (κ3) is 5.11. The molecule has 0 radical (unpaired) electrons. The summed E-state index contributed by atoms with van der Waals surface area (Å²) in [5.41, 5.74) is 2.35. The Morgan fingerprint density at radius 1 is 1.22 bits per heavy atom. The largest absolute Gasteiger partial charge is 0.462 e. The Morgan fingerprint density at radius 2 is 1.89 bits per heavy atom. The lowest BCUT2D eigenvalue weighted by Gasteiger charge is -2.12. The maximum atomic E-state index is 5.40. The van der Waals surface area contributed by atoms with Gasteiger partial charge in [0, 0.05) is 6.54 Å². The minimum absolute atomic E-state index is 0.0346. The maximum Gasteiger partial charge on any atom is 0.324 e. The van der Waals surface area contributed by atoms with E-state index in [2.05, 4.69) is 20.4 Å². The first-order valence-corrected chi connectivity index (χ1v) is 5.68. The van der Waals surface area contributed by atoms with Crippen molar-refractivity contribution >= 4 is 5.95 Å². The zero-order valence-corrected chi connectivity index (χ0v) is 11.2. The Balaban J connectivity index is 2.70. The summed E-state index contributed by atoms with van der Waals surface area (Å²) < 4.78 is 10.8. The van der Waals surface area contributed by atoms with Crippen LogP contribution in [0.3, 0.4) is 0 Å². The summed E-state index contributed by atoms with van der Waals surface area (Å²) in [5.74, 6) is 5.48. The van der Waals surface area contributed by atoms with E-state index >= 15 is 0 Å². The van der Waals surface area contributed by atoms with Crippen molar-refractivity contribution in [3.05, 3.63) is 0 Å². The summed E-state index contributed by atoms with van der Waals surface area (Å²) in [5, 5.41) is 0. The van der Waals surface area contributed by atoms with Crippen LogP contribution >= 0.6 is 0 Å². The summed E-state index contributed by atoms with van der Waals surface area (Å²) in [6.45, 7) is 5.00. The first-order valence-electron chi connectivity index (χ1n) is 5.68. The average molecular weight is 256 g/mol. The Labute approximate surface area is 106 Å². The van der Waals surface area contributed by atoms with Gasteiger partial charge in [-0.05, 0) is 27.9 Å². The molecule has 0 atom stereocenters. The summed E-state index contributed by atoms with van der Waals surface area (Å²) in [6, 6.07) is 0.378. The Morgan fingerprint density at radius 3 is 2.44 bits per heavy atom. The van der Waals surface area contributed by atoms with E-state index in [1.165, 1.54) is 0 Å². The van der Waals surface area contributed by atoms with E-state index in [1.807, 2.05) is 32.8 Å². The second kappa shape index (κ2) is 6.92. The molecule has 0 saturated heterocycles. The van der Waals surface area contributed by atoms with E-state index in [1.54, 1.807) is 0 Å². The van der Waals surface area contributed by atoms with Crippen LogP contribution in [-0.4, -0.2) is 53.2 Å². The van der Waals surface area contributed by atoms with Crippen molar-refractivity contribution in [3.8, 4) is 12.0 Å². The van der Waals surface area contributed by atoms with Crippen LogP contribution in [0.25, 0.3) is 0 Å². The number of hydrazine groups is 1. The second-order valence-corrected chi connectivity index (χ2v) is 4.19. The molecule has 1 heterocycles. The van der Waals surface area contributed by atoms with Gasteiger partial charge in [-0.25, -0.2) is 5.84 Å². The minimum Gasteiger partial charge on any atom is -0.462 e. The molecule has 0 spiro atoms. The number of nitrogens with zero attached hydrogens (tertiary/aromatic N) is 4. The molecule has 0 unspecified atom stereocenters. The van der Waals surface area contributed by atoms with E-state index < -0.39 is 0 Å². The van der Waals surface area contributed by atoms with Crippen LogP contribution in [0, 0.1) is 0 Å². The molecule has 0 aromatic carbocycles.